The summed E-state index contributed by atoms with van der Waals surface area (Å²) in [5.41, 5.74) is 5.43. The van der Waals surface area contributed by atoms with Gasteiger partial charge in [0.15, 0.2) is 0 Å². The Kier molecular flexibility index (Phi) is 5.37. The lowest BCUT2D eigenvalue weighted by molar-refractivity contribution is 0.108. The Morgan fingerprint density at radius 3 is 2.93 bits per heavy atom. The van der Waals surface area contributed by atoms with Crippen molar-refractivity contribution in [2.45, 2.75) is 31.8 Å². The number of hydrogen-bond acceptors (Lipinski definition) is 3. The zero-order chi connectivity index (χ0) is 10.4. The van der Waals surface area contributed by atoms with E-state index in [0.29, 0.717) is 11.1 Å². The van der Waals surface area contributed by atoms with Crippen molar-refractivity contribution in [1.82, 2.24) is 4.90 Å². The van der Waals surface area contributed by atoms with E-state index in [0.717, 1.165) is 25.9 Å². The number of ether oxygens (including phenoxy) is 1. The Balaban J connectivity index is 2.00. The van der Waals surface area contributed by atoms with E-state index >= 15 is 0 Å². The maximum absolute atomic E-state index is 5.43. The van der Waals surface area contributed by atoms with Crippen molar-refractivity contribution in [2.24, 2.45) is 5.73 Å². The lowest BCUT2D eigenvalue weighted by Gasteiger charge is -2.14. The van der Waals surface area contributed by atoms with Crippen LogP contribution in [-0.2, 0) is 4.74 Å². The summed E-state index contributed by atoms with van der Waals surface area (Å²) >= 11 is 4.83. The summed E-state index contributed by atoms with van der Waals surface area (Å²) in [7, 11) is 1.79. The standard InChI is InChI=1S/C10H20N2OS/c1-13-9-5-7-12(8-9)6-3-2-4-10(11)14/h9H,2-8H2,1H3,(H2,11,14). The van der Waals surface area contributed by atoms with Gasteiger partial charge in [-0.15, -0.1) is 0 Å². The van der Waals surface area contributed by atoms with Crippen LogP contribution in [0.2, 0.25) is 0 Å². The molecule has 1 aliphatic rings. The molecule has 1 unspecified atom stereocenters. The summed E-state index contributed by atoms with van der Waals surface area (Å²) in [4.78, 5) is 3.09. The van der Waals surface area contributed by atoms with Crippen LogP contribution in [0.5, 0.6) is 0 Å². The topological polar surface area (TPSA) is 38.5 Å². The van der Waals surface area contributed by atoms with Crippen LogP contribution in [-0.4, -0.2) is 42.7 Å². The molecule has 0 radical (unpaired) electrons. The number of hydrogen-bond donors (Lipinski definition) is 1. The molecule has 4 heteroatoms. The predicted molar refractivity (Wildman–Crippen MR) is 62.5 cm³/mol. The van der Waals surface area contributed by atoms with E-state index in [-0.39, 0.29) is 0 Å². The zero-order valence-corrected chi connectivity index (χ0v) is 9.68. The molecule has 0 saturated carbocycles. The summed E-state index contributed by atoms with van der Waals surface area (Å²) in [5, 5.41) is 0. The zero-order valence-electron chi connectivity index (χ0n) is 8.87. The average molecular weight is 216 g/mol. The molecule has 0 aromatic carbocycles. The number of nitrogens with two attached hydrogens (primary N) is 1. The fourth-order valence-electron chi connectivity index (χ4n) is 1.83. The molecule has 0 aromatic heterocycles. The maximum Gasteiger partial charge on any atom is 0.0727 e. The van der Waals surface area contributed by atoms with Gasteiger partial charge in [0.05, 0.1) is 11.1 Å². The normalized spacial score (nSPS) is 22.8. The van der Waals surface area contributed by atoms with Crippen LogP contribution < -0.4 is 5.73 Å². The lowest BCUT2D eigenvalue weighted by atomic mass is 10.2. The molecule has 3 nitrogen and oxygen atoms in total. The maximum atomic E-state index is 5.43. The number of likely N-dealkylation sites (tertiary alicyclic amines) is 1. The molecular formula is C10H20N2OS. The molecule has 82 valence electrons. The van der Waals surface area contributed by atoms with Gasteiger partial charge in [-0.05, 0) is 32.2 Å². The summed E-state index contributed by atoms with van der Waals surface area (Å²) < 4.78 is 5.30. The van der Waals surface area contributed by atoms with E-state index < -0.39 is 0 Å². The fourth-order valence-corrected chi connectivity index (χ4v) is 1.97. The second-order valence-electron chi connectivity index (χ2n) is 3.87. The Labute approximate surface area is 91.6 Å². The first kappa shape index (κ1) is 11.9. The number of rotatable bonds is 6. The predicted octanol–water partition coefficient (Wildman–Crippen LogP) is 1.16. The highest BCUT2D eigenvalue weighted by molar-refractivity contribution is 7.80. The van der Waals surface area contributed by atoms with Crippen LogP contribution >= 0.6 is 12.2 Å². The second-order valence-corrected chi connectivity index (χ2v) is 4.39. The fraction of sp³-hybridized carbons (Fsp3) is 0.900. The van der Waals surface area contributed by atoms with Crippen LogP contribution in [0, 0.1) is 0 Å². The van der Waals surface area contributed by atoms with Crippen LogP contribution in [0.3, 0.4) is 0 Å². The van der Waals surface area contributed by atoms with E-state index in [1.54, 1.807) is 7.11 Å². The van der Waals surface area contributed by atoms with Crippen LogP contribution in [0.4, 0.5) is 0 Å². The van der Waals surface area contributed by atoms with E-state index in [9.17, 15) is 0 Å². The van der Waals surface area contributed by atoms with Gasteiger partial charge in [-0.3, -0.25) is 0 Å². The molecule has 0 amide bonds. The Morgan fingerprint density at radius 1 is 1.57 bits per heavy atom. The average Bonchev–Trinajstić information content (AvgIpc) is 2.60. The van der Waals surface area contributed by atoms with Gasteiger partial charge in [0.1, 0.15) is 0 Å². The molecule has 1 fully saturated rings. The van der Waals surface area contributed by atoms with Gasteiger partial charge >= 0.3 is 0 Å². The molecule has 1 rings (SSSR count). The number of unbranched alkanes of at least 4 members (excludes halogenated alkanes) is 1. The third kappa shape index (κ3) is 4.35. The molecule has 0 aromatic rings. The minimum atomic E-state index is 0.450. The van der Waals surface area contributed by atoms with E-state index in [2.05, 4.69) is 4.90 Å². The van der Waals surface area contributed by atoms with E-state index in [4.69, 9.17) is 22.7 Å². The highest BCUT2D eigenvalue weighted by Gasteiger charge is 2.20. The van der Waals surface area contributed by atoms with Gasteiger partial charge < -0.3 is 15.4 Å². The molecule has 1 atom stereocenters. The molecule has 0 bridgehead atoms. The quantitative estimate of drug-likeness (QED) is 0.534. The monoisotopic (exact) mass is 216 g/mol. The Bertz CT molecular complexity index is 187. The molecule has 1 heterocycles. The van der Waals surface area contributed by atoms with Gasteiger partial charge in [-0.25, -0.2) is 0 Å². The molecular weight excluding hydrogens is 196 g/mol. The molecule has 0 spiro atoms. The van der Waals surface area contributed by atoms with Crippen molar-refractivity contribution in [2.75, 3.05) is 26.7 Å². The third-order valence-corrected chi connectivity index (χ3v) is 2.91. The minimum Gasteiger partial charge on any atom is -0.393 e. The van der Waals surface area contributed by atoms with Gasteiger partial charge in [0.2, 0.25) is 0 Å². The van der Waals surface area contributed by atoms with Gasteiger partial charge in [-0.2, -0.15) is 0 Å². The van der Waals surface area contributed by atoms with E-state index in [1.165, 1.54) is 19.4 Å². The van der Waals surface area contributed by atoms with Crippen LogP contribution in [0.25, 0.3) is 0 Å². The van der Waals surface area contributed by atoms with Crippen LogP contribution in [0.15, 0.2) is 0 Å². The molecule has 0 aliphatic carbocycles. The number of methoxy groups -OCH3 is 1. The summed E-state index contributed by atoms with van der Waals surface area (Å²) in [6.07, 6.45) is 4.81. The first-order valence-corrected chi connectivity index (χ1v) is 5.66. The summed E-state index contributed by atoms with van der Waals surface area (Å²) in [5.74, 6) is 0. The Morgan fingerprint density at radius 2 is 2.36 bits per heavy atom. The first-order valence-electron chi connectivity index (χ1n) is 5.26. The number of nitrogens with zero attached hydrogens (tertiary/aromatic N) is 1. The van der Waals surface area contributed by atoms with Crippen molar-refractivity contribution in [3.63, 3.8) is 0 Å². The Hall–Kier alpha value is -0.190. The largest absolute Gasteiger partial charge is 0.393 e. The smallest absolute Gasteiger partial charge is 0.0727 e. The first-order chi connectivity index (χ1) is 6.72. The molecule has 1 saturated heterocycles. The highest BCUT2D eigenvalue weighted by Crippen LogP contribution is 2.12. The third-order valence-electron chi connectivity index (χ3n) is 2.71. The van der Waals surface area contributed by atoms with E-state index in [1.807, 2.05) is 0 Å². The summed E-state index contributed by atoms with van der Waals surface area (Å²) in [6.45, 7) is 3.41. The van der Waals surface area contributed by atoms with Gasteiger partial charge in [0, 0.05) is 20.2 Å². The minimum absolute atomic E-state index is 0.450. The van der Waals surface area contributed by atoms with Crippen molar-refractivity contribution in [3.8, 4) is 0 Å². The molecule has 2 N–H and O–H groups in total. The van der Waals surface area contributed by atoms with Crippen molar-refractivity contribution < 1.29 is 4.74 Å². The van der Waals surface area contributed by atoms with Crippen molar-refractivity contribution in [1.29, 1.82) is 0 Å². The SMILES string of the molecule is COC1CCN(CCCCC(N)=S)C1. The van der Waals surface area contributed by atoms with Crippen molar-refractivity contribution in [3.05, 3.63) is 0 Å². The lowest BCUT2D eigenvalue weighted by Crippen LogP contribution is -2.24. The second kappa shape index (κ2) is 6.32. The van der Waals surface area contributed by atoms with Gasteiger partial charge in [-0.1, -0.05) is 12.2 Å². The van der Waals surface area contributed by atoms with Crippen molar-refractivity contribution >= 4 is 17.2 Å². The molecule has 14 heavy (non-hydrogen) atoms. The van der Waals surface area contributed by atoms with Crippen LogP contribution in [0.1, 0.15) is 25.7 Å². The highest BCUT2D eigenvalue weighted by atomic mass is 32.1. The van der Waals surface area contributed by atoms with Gasteiger partial charge in [0.25, 0.3) is 0 Å². The summed E-state index contributed by atoms with van der Waals surface area (Å²) in [6, 6.07) is 0. The molecule has 1 aliphatic heterocycles. The number of thiocarbonyl (C=S) groups is 1.